The molecule has 0 aliphatic carbocycles. The number of ether oxygens (including phenoxy) is 1. The molecule has 6 nitrogen and oxygen atoms in total. The number of aromatic nitrogens is 2. The van der Waals surface area contributed by atoms with Gasteiger partial charge in [-0.3, -0.25) is 14.4 Å². The van der Waals surface area contributed by atoms with Crippen molar-refractivity contribution in [2.45, 2.75) is 32.5 Å². The van der Waals surface area contributed by atoms with E-state index in [9.17, 15) is 4.79 Å². The Balaban J connectivity index is 1.56. The number of carbonyl (C=O) groups excluding carboxylic acids is 1. The van der Waals surface area contributed by atoms with Gasteiger partial charge in [-0.15, -0.1) is 0 Å². The topological polar surface area (TPSA) is 59.4 Å². The zero-order valence-corrected chi connectivity index (χ0v) is 14.2. The summed E-state index contributed by atoms with van der Waals surface area (Å²) in [4.78, 5) is 14.7. The van der Waals surface area contributed by atoms with Crippen molar-refractivity contribution in [3.63, 3.8) is 0 Å². The van der Waals surface area contributed by atoms with E-state index in [1.54, 1.807) is 6.20 Å². The number of hydrogen-bond donors (Lipinski definition) is 1. The van der Waals surface area contributed by atoms with E-state index in [1.807, 2.05) is 42.9 Å². The smallest absolute Gasteiger partial charge is 0.254 e. The van der Waals surface area contributed by atoms with Crippen molar-refractivity contribution in [3.8, 4) is 0 Å². The lowest BCUT2D eigenvalue weighted by atomic mass is 10.2. The van der Waals surface area contributed by atoms with Crippen LogP contribution in [-0.2, 0) is 16.1 Å². The molecule has 1 aliphatic heterocycles. The molecule has 24 heavy (non-hydrogen) atoms. The Labute approximate surface area is 142 Å². The highest BCUT2D eigenvalue weighted by atomic mass is 16.5. The fourth-order valence-corrected chi connectivity index (χ4v) is 2.75. The van der Waals surface area contributed by atoms with Crippen LogP contribution in [0.3, 0.4) is 0 Å². The summed E-state index contributed by atoms with van der Waals surface area (Å²) in [6.45, 7) is 6.92. The van der Waals surface area contributed by atoms with E-state index in [2.05, 4.69) is 27.4 Å². The number of carbonyl (C=O) groups is 1. The number of nitrogens with one attached hydrogen (secondary N) is 1. The summed E-state index contributed by atoms with van der Waals surface area (Å²) in [7, 11) is 0. The lowest BCUT2D eigenvalue weighted by Gasteiger charge is -2.32. The van der Waals surface area contributed by atoms with Crippen LogP contribution in [0.15, 0.2) is 42.7 Å². The minimum absolute atomic E-state index is 0.115. The van der Waals surface area contributed by atoms with E-state index < -0.39 is 6.10 Å². The molecule has 1 atom stereocenters. The van der Waals surface area contributed by atoms with E-state index in [0.29, 0.717) is 18.8 Å². The maximum absolute atomic E-state index is 12.4. The number of morpholine rings is 1. The number of amides is 1. The second kappa shape index (κ2) is 7.59. The van der Waals surface area contributed by atoms with Gasteiger partial charge >= 0.3 is 0 Å². The van der Waals surface area contributed by atoms with Crippen LogP contribution in [0.2, 0.25) is 0 Å². The predicted molar refractivity (Wildman–Crippen MR) is 92.7 cm³/mol. The lowest BCUT2D eigenvalue weighted by molar-refractivity contribution is -0.133. The van der Waals surface area contributed by atoms with E-state index in [1.165, 1.54) is 5.56 Å². The Morgan fingerprint density at radius 1 is 1.38 bits per heavy atom. The molecule has 1 N–H and O–H groups in total. The minimum atomic E-state index is -0.454. The zero-order valence-electron chi connectivity index (χ0n) is 14.2. The number of hydrogen-bond acceptors (Lipinski definition) is 4. The summed E-state index contributed by atoms with van der Waals surface area (Å²) in [5, 5.41) is 7.13. The van der Waals surface area contributed by atoms with Crippen LogP contribution in [0.25, 0.3) is 0 Å². The number of anilines is 1. The molecule has 2 heterocycles. The molecule has 1 amide bonds. The average molecular weight is 328 g/mol. The van der Waals surface area contributed by atoms with Crippen molar-refractivity contribution < 1.29 is 9.53 Å². The van der Waals surface area contributed by atoms with E-state index >= 15 is 0 Å². The fraction of sp³-hybridized carbons (Fsp3) is 0.444. The third kappa shape index (κ3) is 4.21. The second-order valence-corrected chi connectivity index (χ2v) is 6.37. The molecule has 128 valence electrons. The standard InChI is InChI=1S/C18H24N4O2/c1-14(2)22-12-16(10-19-22)20-18(23)17-13-21(8-9-24-17)11-15-6-4-3-5-7-15/h3-7,10,12,14,17H,8-9,11,13H2,1-2H3,(H,20,23). The molecule has 1 aromatic carbocycles. The van der Waals surface area contributed by atoms with Gasteiger partial charge in [0.2, 0.25) is 0 Å². The summed E-state index contributed by atoms with van der Waals surface area (Å²) < 4.78 is 7.47. The lowest BCUT2D eigenvalue weighted by Crippen LogP contribution is -2.47. The van der Waals surface area contributed by atoms with Crippen molar-refractivity contribution in [2.75, 3.05) is 25.0 Å². The van der Waals surface area contributed by atoms with Crippen LogP contribution in [0.1, 0.15) is 25.5 Å². The summed E-state index contributed by atoms with van der Waals surface area (Å²) in [6, 6.07) is 10.5. The van der Waals surface area contributed by atoms with Gasteiger partial charge in [-0.25, -0.2) is 0 Å². The number of nitrogens with zero attached hydrogens (tertiary/aromatic N) is 3. The van der Waals surface area contributed by atoms with Crippen molar-refractivity contribution >= 4 is 11.6 Å². The maximum atomic E-state index is 12.4. The Morgan fingerprint density at radius 2 is 2.17 bits per heavy atom. The number of benzene rings is 1. The predicted octanol–water partition coefficient (Wildman–Crippen LogP) is 2.30. The largest absolute Gasteiger partial charge is 0.366 e. The van der Waals surface area contributed by atoms with Gasteiger partial charge in [0.1, 0.15) is 6.10 Å². The van der Waals surface area contributed by atoms with Gasteiger partial charge in [0, 0.05) is 31.9 Å². The van der Waals surface area contributed by atoms with Crippen molar-refractivity contribution in [1.82, 2.24) is 14.7 Å². The van der Waals surface area contributed by atoms with Gasteiger partial charge in [0.05, 0.1) is 18.5 Å². The highest BCUT2D eigenvalue weighted by molar-refractivity contribution is 5.94. The van der Waals surface area contributed by atoms with Gasteiger partial charge in [-0.05, 0) is 19.4 Å². The molecular weight excluding hydrogens is 304 g/mol. The second-order valence-electron chi connectivity index (χ2n) is 6.37. The first kappa shape index (κ1) is 16.7. The fourth-order valence-electron chi connectivity index (χ4n) is 2.75. The first-order valence-corrected chi connectivity index (χ1v) is 8.34. The van der Waals surface area contributed by atoms with Gasteiger partial charge in [-0.1, -0.05) is 30.3 Å². The molecular formula is C18H24N4O2. The van der Waals surface area contributed by atoms with E-state index in [-0.39, 0.29) is 11.9 Å². The Morgan fingerprint density at radius 3 is 2.88 bits per heavy atom. The molecule has 6 heteroatoms. The molecule has 2 aromatic rings. The van der Waals surface area contributed by atoms with Crippen molar-refractivity contribution in [3.05, 3.63) is 48.3 Å². The molecule has 0 spiro atoms. The molecule has 1 saturated heterocycles. The quantitative estimate of drug-likeness (QED) is 0.915. The molecule has 1 unspecified atom stereocenters. The van der Waals surface area contributed by atoms with E-state index in [4.69, 9.17) is 4.74 Å². The third-order valence-corrected chi connectivity index (χ3v) is 4.09. The van der Waals surface area contributed by atoms with Gasteiger partial charge in [-0.2, -0.15) is 5.10 Å². The Bertz CT molecular complexity index is 669. The summed E-state index contributed by atoms with van der Waals surface area (Å²) in [6.07, 6.45) is 3.06. The monoisotopic (exact) mass is 328 g/mol. The number of rotatable bonds is 5. The highest BCUT2D eigenvalue weighted by Gasteiger charge is 2.27. The van der Waals surface area contributed by atoms with Crippen LogP contribution >= 0.6 is 0 Å². The minimum Gasteiger partial charge on any atom is -0.366 e. The first-order chi connectivity index (χ1) is 11.6. The molecule has 3 rings (SSSR count). The van der Waals surface area contributed by atoms with Crippen LogP contribution < -0.4 is 5.32 Å². The summed E-state index contributed by atoms with van der Waals surface area (Å²) in [5.41, 5.74) is 1.95. The van der Waals surface area contributed by atoms with Crippen molar-refractivity contribution in [1.29, 1.82) is 0 Å². The maximum Gasteiger partial charge on any atom is 0.254 e. The molecule has 0 bridgehead atoms. The van der Waals surface area contributed by atoms with Crippen LogP contribution in [-0.4, -0.2) is 46.4 Å². The SMILES string of the molecule is CC(C)n1cc(NC(=O)C2CN(Cc3ccccc3)CCO2)cn1. The summed E-state index contributed by atoms with van der Waals surface area (Å²) in [5.74, 6) is -0.115. The van der Waals surface area contributed by atoms with Gasteiger partial charge < -0.3 is 10.1 Å². The average Bonchev–Trinajstić information content (AvgIpc) is 3.05. The van der Waals surface area contributed by atoms with Crippen LogP contribution in [0.5, 0.6) is 0 Å². The Kier molecular flexibility index (Phi) is 5.27. The molecule has 1 aliphatic rings. The van der Waals surface area contributed by atoms with Crippen LogP contribution in [0, 0.1) is 0 Å². The first-order valence-electron chi connectivity index (χ1n) is 8.34. The summed E-state index contributed by atoms with van der Waals surface area (Å²) >= 11 is 0. The zero-order chi connectivity index (χ0) is 16.9. The van der Waals surface area contributed by atoms with Gasteiger partial charge in [0.15, 0.2) is 0 Å². The van der Waals surface area contributed by atoms with Crippen molar-refractivity contribution in [2.24, 2.45) is 0 Å². The third-order valence-electron chi connectivity index (χ3n) is 4.09. The van der Waals surface area contributed by atoms with E-state index in [0.717, 1.165) is 13.1 Å². The Hall–Kier alpha value is -2.18. The van der Waals surface area contributed by atoms with Gasteiger partial charge in [0.25, 0.3) is 5.91 Å². The molecule has 1 aromatic heterocycles. The molecule has 1 fully saturated rings. The highest BCUT2D eigenvalue weighted by Crippen LogP contribution is 2.14. The molecule has 0 radical (unpaired) electrons. The van der Waals surface area contributed by atoms with Crippen LogP contribution in [0.4, 0.5) is 5.69 Å². The molecule has 0 saturated carbocycles. The normalized spacial score (nSPS) is 18.7.